The van der Waals surface area contributed by atoms with Gasteiger partial charge in [0.25, 0.3) is 5.91 Å². The van der Waals surface area contributed by atoms with E-state index in [9.17, 15) is 9.59 Å². The highest BCUT2D eigenvalue weighted by atomic mass is 16.5. The number of esters is 1. The summed E-state index contributed by atoms with van der Waals surface area (Å²) in [6.45, 7) is 3.39. The Bertz CT molecular complexity index is 870. The predicted molar refractivity (Wildman–Crippen MR) is 108 cm³/mol. The highest BCUT2D eigenvalue weighted by Gasteiger charge is 2.27. The van der Waals surface area contributed by atoms with E-state index in [1.165, 1.54) is 0 Å². The first-order chi connectivity index (χ1) is 13.6. The number of amides is 1. The zero-order valence-electron chi connectivity index (χ0n) is 16.3. The number of hydrogen-bond acceptors (Lipinski definition) is 5. The largest absolute Gasteiger partial charge is 0.449 e. The number of nitrogens with one attached hydrogen (secondary N) is 1. The molecule has 2 aromatic rings. The lowest BCUT2D eigenvalue weighted by Gasteiger charge is -2.21. The van der Waals surface area contributed by atoms with Crippen LogP contribution < -0.4 is 10.2 Å². The van der Waals surface area contributed by atoms with Crippen LogP contribution in [0.15, 0.2) is 30.3 Å². The van der Waals surface area contributed by atoms with Gasteiger partial charge in [-0.15, -0.1) is 0 Å². The molecule has 6 nitrogen and oxygen atoms in total. The molecule has 2 heterocycles. The Hall–Kier alpha value is -2.63. The fourth-order valence-corrected chi connectivity index (χ4v) is 4.09. The predicted octanol–water partition coefficient (Wildman–Crippen LogP) is 3.44. The maximum absolute atomic E-state index is 12.9. The number of hydrogen-bond donors (Lipinski definition) is 1. The lowest BCUT2D eigenvalue weighted by atomic mass is 10.1. The second-order valence-corrected chi connectivity index (χ2v) is 7.78. The van der Waals surface area contributed by atoms with Gasteiger partial charge in [0, 0.05) is 24.5 Å². The Kier molecular flexibility index (Phi) is 5.46. The number of rotatable bonds is 5. The number of para-hydroxylation sites is 1. The van der Waals surface area contributed by atoms with Crippen molar-refractivity contribution >= 4 is 28.6 Å². The van der Waals surface area contributed by atoms with Gasteiger partial charge in [0.05, 0.1) is 5.52 Å². The summed E-state index contributed by atoms with van der Waals surface area (Å²) in [6, 6.07) is 9.78. The van der Waals surface area contributed by atoms with Gasteiger partial charge >= 0.3 is 5.97 Å². The molecule has 28 heavy (non-hydrogen) atoms. The van der Waals surface area contributed by atoms with Crippen molar-refractivity contribution in [3.63, 3.8) is 0 Å². The highest BCUT2D eigenvalue weighted by Crippen LogP contribution is 2.27. The van der Waals surface area contributed by atoms with Crippen LogP contribution in [0.1, 0.15) is 55.8 Å². The minimum atomic E-state index is -0.828. The number of nitrogens with zero attached hydrogens (tertiary/aromatic N) is 2. The Morgan fingerprint density at radius 3 is 2.61 bits per heavy atom. The van der Waals surface area contributed by atoms with Crippen molar-refractivity contribution in [3.05, 3.63) is 35.9 Å². The lowest BCUT2D eigenvalue weighted by Crippen LogP contribution is -2.41. The number of benzene rings is 1. The second kappa shape index (κ2) is 8.17. The van der Waals surface area contributed by atoms with E-state index in [-0.39, 0.29) is 11.9 Å². The van der Waals surface area contributed by atoms with Crippen LogP contribution in [0.4, 0.5) is 5.82 Å². The molecule has 1 unspecified atom stereocenters. The summed E-state index contributed by atoms with van der Waals surface area (Å²) in [6.07, 6.45) is 5.63. The monoisotopic (exact) mass is 381 g/mol. The van der Waals surface area contributed by atoms with Gasteiger partial charge in [-0.25, -0.2) is 9.78 Å². The van der Waals surface area contributed by atoms with Crippen LogP contribution >= 0.6 is 0 Å². The summed E-state index contributed by atoms with van der Waals surface area (Å²) in [5, 5.41) is 3.88. The molecule has 1 saturated heterocycles. The van der Waals surface area contributed by atoms with Crippen molar-refractivity contribution < 1.29 is 14.3 Å². The summed E-state index contributed by atoms with van der Waals surface area (Å²) in [4.78, 5) is 32.2. The Morgan fingerprint density at radius 2 is 1.86 bits per heavy atom. The Labute approximate surface area is 165 Å². The number of fused-ring (bicyclic) bond motifs is 1. The van der Waals surface area contributed by atoms with Crippen molar-refractivity contribution in [3.8, 4) is 0 Å². The summed E-state index contributed by atoms with van der Waals surface area (Å²) >= 11 is 0. The number of carbonyl (C=O) groups is 2. The van der Waals surface area contributed by atoms with E-state index >= 15 is 0 Å². The minimum absolute atomic E-state index is 0.205. The van der Waals surface area contributed by atoms with Crippen molar-refractivity contribution in [1.82, 2.24) is 10.3 Å². The molecule has 1 aromatic carbocycles. The number of carbonyl (C=O) groups excluding carboxylic acids is 2. The molecule has 6 heteroatoms. The molecule has 0 bridgehead atoms. The fraction of sp³-hybridized carbons (Fsp3) is 0.500. The van der Waals surface area contributed by atoms with Crippen LogP contribution in [0.25, 0.3) is 10.9 Å². The third kappa shape index (κ3) is 3.96. The number of anilines is 1. The van der Waals surface area contributed by atoms with E-state index in [0.29, 0.717) is 11.4 Å². The van der Waals surface area contributed by atoms with Crippen molar-refractivity contribution in [1.29, 1.82) is 0 Å². The standard InChI is InChI=1S/C22H27N3O3/c1-15(21(26)23-17-9-3-4-10-17)28-22(27)18-14-16-8-2-5-11-19(16)24-20(18)25-12-6-7-13-25/h2,5,8,11,14-15,17H,3-4,6-7,9-10,12-13H2,1H3,(H,23,26). The molecule has 1 atom stereocenters. The van der Waals surface area contributed by atoms with Crippen molar-refractivity contribution in [2.75, 3.05) is 18.0 Å². The van der Waals surface area contributed by atoms with Gasteiger partial charge in [-0.1, -0.05) is 31.0 Å². The van der Waals surface area contributed by atoms with Crippen LogP contribution in [-0.2, 0) is 9.53 Å². The van der Waals surface area contributed by atoms with E-state index in [2.05, 4.69) is 10.2 Å². The molecule has 2 fully saturated rings. The van der Waals surface area contributed by atoms with Gasteiger partial charge in [-0.2, -0.15) is 0 Å². The van der Waals surface area contributed by atoms with Crippen LogP contribution in [0.5, 0.6) is 0 Å². The van der Waals surface area contributed by atoms with Crippen LogP contribution in [0.2, 0.25) is 0 Å². The zero-order valence-corrected chi connectivity index (χ0v) is 16.3. The lowest BCUT2D eigenvalue weighted by molar-refractivity contribution is -0.129. The summed E-state index contributed by atoms with van der Waals surface area (Å²) in [5.41, 5.74) is 1.29. The molecular weight excluding hydrogens is 354 g/mol. The smallest absolute Gasteiger partial charge is 0.342 e. The first-order valence-electron chi connectivity index (χ1n) is 10.3. The van der Waals surface area contributed by atoms with E-state index in [1.807, 2.05) is 30.3 Å². The third-order valence-corrected chi connectivity index (χ3v) is 5.68. The average molecular weight is 381 g/mol. The molecule has 1 aliphatic heterocycles. The van der Waals surface area contributed by atoms with E-state index in [1.54, 1.807) is 6.92 Å². The van der Waals surface area contributed by atoms with E-state index < -0.39 is 12.1 Å². The molecule has 1 N–H and O–H groups in total. The van der Waals surface area contributed by atoms with Gasteiger partial charge in [-0.05, 0) is 44.7 Å². The quantitative estimate of drug-likeness (QED) is 0.804. The van der Waals surface area contributed by atoms with Gasteiger partial charge in [0.2, 0.25) is 0 Å². The Morgan fingerprint density at radius 1 is 1.14 bits per heavy atom. The van der Waals surface area contributed by atoms with Crippen LogP contribution in [0, 0.1) is 0 Å². The summed E-state index contributed by atoms with van der Waals surface area (Å²) in [7, 11) is 0. The first-order valence-corrected chi connectivity index (χ1v) is 10.3. The third-order valence-electron chi connectivity index (χ3n) is 5.68. The SMILES string of the molecule is CC(OC(=O)c1cc2ccccc2nc1N1CCCC1)C(=O)NC1CCCC1. The average Bonchev–Trinajstić information content (AvgIpc) is 3.41. The molecule has 1 aromatic heterocycles. The maximum Gasteiger partial charge on any atom is 0.342 e. The molecular formula is C22H27N3O3. The molecule has 0 spiro atoms. The first kappa shape index (κ1) is 18.7. The van der Waals surface area contributed by atoms with Gasteiger partial charge in [0.1, 0.15) is 11.4 Å². The van der Waals surface area contributed by atoms with Gasteiger partial charge in [0.15, 0.2) is 6.10 Å². The summed E-state index contributed by atoms with van der Waals surface area (Å²) in [5.74, 6) is -0.0597. The van der Waals surface area contributed by atoms with Crippen molar-refractivity contribution in [2.45, 2.75) is 57.6 Å². The number of pyridine rings is 1. The molecule has 1 aliphatic carbocycles. The van der Waals surface area contributed by atoms with Crippen molar-refractivity contribution in [2.24, 2.45) is 0 Å². The molecule has 1 saturated carbocycles. The zero-order chi connectivity index (χ0) is 19.5. The second-order valence-electron chi connectivity index (χ2n) is 7.78. The number of ether oxygens (including phenoxy) is 1. The topological polar surface area (TPSA) is 71.5 Å². The molecule has 4 rings (SSSR count). The molecule has 2 aliphatic rings. The highest BCUT2D eigenvalue weighted by molar-refractivity contribution is 6.00. The maximum atomic E-state index is 12.9. The normalized spacial score (nSPS) is 18.4. The van der Waals surface area contributed by atoms with E-state index in [0.717, 1.165) is 62.5 Å². The summed E-state index contributed by atoms with van der Waals surface area (Å²) < 4.78 is 5.54. The molecule has 0 radical (unpaired) electrons. The molecule has 1 amide bonds. The van der Waals surface area contributed by atoms with Crippen LogP contribution in [-0.4, -0.2) is 42.1 Å². The van der Waals surface area contributed by atoms with Gasteiger partial charge < -0.3 is 15.0 Å². The molecule has 148 valence electrons. The van der Waals surface area contributed by atoms with Gasteiger partial charge in [-0.3, -0.25) is 4.79 Å². The fourth-order valence-electron chi connectivity index (χ4n) is 4.09. The van der Waals surface area contributed by atoms with Crippen LogP contribution in [0.3, 0.4) is 0 Å². The number of aromatic nitrogens is 1. The minimum Gasteiger partial charge on any atom is -0.449 e. The van der Waals surface area contributed by atoms with E-state index in [4.69, 9.17) is 9.72 Å². The Balaban J connectivity index is 1.55.